The highest BCUT2D eigenvalue weighted by molar-refractivity contribution is 5.87. The predicted molar refractivity (Wildman–Crippen MR) is 53.2 cm³/mol. The van der Waals surface area contributed by atoms with E-state index >= 15 is 0 Å². The summed E-state index contributed by atoms with van der Waals surface area (Å²) >= 11 is 0. The SMILES string of the molecule is O=C1CC=c2c(ccc3[nH]ccc23)=N1. The first-order valence-corrected chi connectivity index (χ1v) is 4.52. The maximum Gasteiger partial charge on any atom is 0.250 e. The number of H-pyrrole nitrogens is 1. The molecule has 2 aromatic rings. The molecule has 2 heterocycles. The van der Waals surface area contributed by atoms with Gasteiger partial charge in [-0.05, 0) is 18.2 Å². The van der Waals surface area contributed by atoms with Crippen molar-refractivity contribution in [3.8, 4) is 0 Å². The van der Waals surface area contributed by atoms with Gasteiger partial charge in [-0.1, -0.05) is 6.08 Å². The summed E-state index contributed by atoms with van der Waals surface area (Å²) in [6.07, 6.45) is 4.26. The van der Waals surface area contributed by atoms with Gasteiger partial charge in [0.2, 0.25) is 5.91 Å². The molecule has 0 spiro atoms. The quantitative estimate of drug-likeness (QED) is 0.636. The first-order chi connectivity index (χ1) is 6.84. The molecule has 3 nitrogen and oxygen atoms in total. The minimum absolute atomic E-state index is 0.0626. The number of aromatic amines is 1. The number of carbonyl (C=O) groups excluding carboxylic acids is 1. The van der Waals surface area contributed by atoms with Crippen LogP contribution < -0.4 is 10.6 Å². The second-order valence-electron chi connectivity index (χ2n) is 3.35. The molecule has 0 aliphatic carbocycles. The molecule has 0 saturated heterocycles. The lowest BCUT2D eigenvalue weighted by Crippen LogP contribution is -2.29. The van der Waals surface area contributed by atoms with Crippen LogP contribution in [-0.4, -0.2) is 10.9 Å². The van der Waals surface area contributed by atoms with Crippen molar-refractivity contribution in [3.63, 3.8) is 0 Å². The van der Waals surface area contributed by atoms with Crippen LogP contribution in [0.1, 0.15) is 6.42 Å². The number of aromatic nitrogens is 1. The van der Waals surface area contributed by atoms with Crippen molar-refractivity contribution >= 4 is 22.9 Å². The average Bonchev–Trinajstić information content (AvgIpc) is 2.65. The van der Waals surface area contributed by atoms with Gasteiger partial charge >= 0.3 is 0 Å². The summed E-state index contributed by atoms with van der Waals surface area (Å²) in [5.74, 6) is -0.0626. The van der Waals surface area contributed by atoms with E-state index in [-0.39, 0.29) is 5.91 Å². The van der Waals surface area contributed by atoms with Crippen LogP contribution in [0.2, 0.25) is 0 Å². The molecule has 3 heteroatoms. The highest BCUT2D eigenvalue weighted by Crippen LogP contribution is 2.05. The Kier molecular flexibility index (Phi) is 1.36. The number of fused-ring (bicyclic) bond motifs is 3. The Bertz CT molecular complexity index is 637. The van der Waals surface area contributed by atoms with E-state index in [1.807, 2.05) is 30.5 Å². The molecule has 1 N–H and O–H groups in total. The molecule has 1 aromatic carbocycles. The van der Waals surface area contributed by atoms with Gasteiger partial charge < -0.3 is 4.98 Å². The van der Waals surface area contributed by atoms with Crippen LogP contribution in [-0.2, 0) is 4.79 Å². The van der Waals surface area contributed by atoms with Crippen LogP contribution in [0.3, 0.4) is 0 Å². The van der Waals surface area contributed by atoms with Crippen molar-refractivity contribution in [2.24, 2.45) is 4.99 Å². The third-order valence-electron chi connectivity index (χ3n) is 2.48. The van der Waals surface area contributed by atoms with Gasteiger partial charge in [-0.3, -0.25) is 4.79 Å². The van der Waals surface area contributed by atoms with Gasteiger partial charge in [-0.15, -0.1) is 0 Å². The number of hydrogen-bond donors (Lipinski definition) is 1. The Morgan fingerprint density at radius 2 is 2.21 bits per heavy atom. The maximum atomic E-state index is 11.1. The molecule has 0 saturated carbocycles. The number of nitrogens with zero attached hydrogens (tertiary/aromatic N) is 1. The predicted octanol–water partition coefficient (Wildman–Crippen LogP) is 0.498. The van der Waals surface area contributed by atoms with Crippen molar-refractivity contribution in [1.29, 1.82) is 0 Å². The first-order valence-electron chi connectivity index (χ1n) is 4.52. The Morgan fingerprint density at radius 3 is 3.14 bits per heavy atom. The van der Waals surface area contributed by atoms with Crippen LogP contribution >= 0.6 is 0 Å². The fourth-order valence-corrected chi connectivity index (χ4v) is 1.83. The Labute approximate surface area is 79.8 Å². The fourth-order valence-electron chi connectivity index (χ4n) is 1.83. The molecular formula is C11H8N2O. The molecule has 0 atom stereocenters. The number of benzene rings is 1. The Balaban J connectivity index is 2.59. The summed E-state index contributed by atoms with van der Waals surface area (Å²) in [5.41, 5.74) is 1.09. The summed E-state index contributed by atoms with van der Waals surface area (Å²) in [7, 11) is 0. The normalized spacial score (nSPS) is 14.7. The molecule has 1 amide bonds. The van der Waals surface area contributed by atoms with Gasteiger partial charge in [0.25, 0.3) is 0 Å². The van der Waals surface area contributed by atoms with E-state index < -0.39 is 0 Å². The molecule has 14 heavy (non-hydrogen) atoms. The highest BCUT2D eigenvalue weighted by Gasteiger charge is 2.05. The van der Waals surface area contributed by atoms with E-state index in [2.05, 4.69) is 9.98 Å². The third kappa shape index (κ3) is 0.923. The molecule has 68 valence electrons. The Morgan fingerprint density at radius 1 is 1.29 bits per heavy atom. The standard InChI is InChI=1S/C11H8N2O/c14-11-4-1-7-8-5-6-12-9(8)2-3-10(7)13-11/h1-3,5-6,12H,4H2. The van der Waals surface area contributed by atoms with E-state index in [9.17, 15) is 4.79 Å². The molecule has 1 aromatic heterocycles. The van der Waals surface area contributed by atoms with Gasteiger partial charge in [0.1, 0.15) is 0 Å². The van der Waals surface area contributed by atoms with Crippen molar-refractivity contribution in [2.45, 2.75) is 6.42 Å². The van der Waals surface area contributed by atoms with Crippen LogP contribution in [0, 0.1) is 0 Å². The molecule has 1 aliphatic heterocycles. The summed E-state index contributed by atoms with van der Waals surface area (Å²) in [6, 6.07) is 5.84. The van der Waals surface area contributed by atoms with Crippen molar-refractivity contribution in [3.05, 3.63) is 35.0 Å². The average molecular weight is 184 g/mol. The summed E-state index contributed by atoms with van der Waals surface area (Å²) < 4.78 is 0. The summed E-state index contributed by atoms with van der Waals surface area (Å²) in [4.78, 5) is 18.2. The zero-order chi connectivity index (χ0) is 9.54. The van der Waals surface area contributed by atoms with Gasteiger partial charge in [0.15, 0.2) is 0 Å². The zero-order valence-corrected chi connectivity index (χ0v) is 7.45. The molecule has 0 fully saturated rings. The molecule has 1 aliphatic rings. The van der Waals surface area contributed by atoms with E-state index in [1.165, 1.54) is 0 Å². The number of nitrogens with one attached hydrogen (secondary N) is 1. The van der Waals surface area contributed by atoms with Crippen LogP contribution in [0.15, 0.2) is 29.4 Å². The summed E-state index contributed by atoms with van der Waals surface area (Å²) in [5, 5.41) is 3.00. The van der Waals surface area contributed by atoms with Crippen LogP contribution in [0.4, 0.5) is 0 Å². The number of amides is 1. The second-order valence-corrected chi connectivity index (χ2v) is 3.35. The largest absolute Gasteiger partial charge is 0.361 e. The minimum Gasteiger partial charge on any atom is -0.361 e. The topological polar surface area (TPSA) is 45.2 Å². The lowest BCUT2D eigenvalue weighted by Gasteiger charge is -1.99. The first kappa shape index (κ1) is 7.50. The lowest BCUT2D eigenvalue weighted by molar-refractivity contribution is -0.117. The minimum atomic E-state index is -0.0626. The van der Waals surface area contributed by atoms with Gasteiger partial charge in [0.05, 0.1) is 5.36 Å². The summed E-state index contributed by atoms with van der Waals surface area (Å²) in [6.45, 7) is 0. The van der Waals surface area contributed by atoms with E-state index in [1.54, 1.807) is 0 Å². The molecule has 0 radical (unpaired) electrons. The monoisotopic (exact) mass is 184 g/mol. The van der Waals surface area contributed by atoms with E-state index in [0.29, 0.717) is 6.42 Å². The van der Waals surface area contributed by atoms with Crippen LogP contribution in [0.5, 0.6) is 0 Å². The third-order valence-corrected chi connectivity index (χ3v) is 2.48. The highest BCUT2D eigenvalue weighted by atomic mass is 16.1. The van der Waals surface area contributed by atoms with Crippen LogP contribution in [0.25, 0.3) is 17.0 Å². The second kappa shape index (κ2) is 2.54. The molecule has 3 rings (SSSR count). The Hall–Kier alpha value is -1.90. The maximum absolute atomic E-state index is 11.1. The smallest absolute Gasteiger partial charge is 0.250 e. The molecule has 0 bridgehead atoms. The number of hydrogen-bond acceptors (Lipinski definition) is 1. The number of rotatable bonds is 0. The zero-order valence-electron chi connectivity index (χ0n) is 7.45. The number of carbonyl (C=O) groups is 1. The molecule has 0 unspecified atom stereocenters. The van der Waals surface area contributed by atoms with E-state index in [0.717, 1.165) is 21.5 Å². The lowest BCUT2D eigenvalue weighted by atomic mass is 10.1. The van der Waals surface area contributed by atoms with E-state index in [4.69, 9.17) is 0 Å². The van der Waals surface area contributed by atoms with Crippen molar-refractivity contribution in [2.75, 3.05) is 0 Å². The van der Waals surface area contributed by atoms with Gasteiger partial charge in [-0.25, -0.2) is 4.99 Å². The molecular weight excluding hydrogens is 176 g/mol. The fraction of sp³-hybridized carbons (Fsp3) is 0.0909. The van der Waals surface area contributed by atoms with Crippen molar-refractivity contribution in [1.82, 2.24) is 4.98 Å². The van der Waals surface area contributed by atoms with Crippen molar-refractivity contribution < 1.29 is 4.79 Å². The van der Waals surface area contributed by atoms with Gasteiger partial charge in [-0.2, -0.15) is 0 Å². The van der Waals surface area contributed by atoms with Gasteiger partial charge in [0, 0.05) is 28.7 Å².